The van der Waals surface area contributed by atoms with Gasteiger partial charge in [-0.1, -0.05) is 24.4 Å². The Morgan fingerprint density at radius 1 is 1.04 bits per heavy atom. The molecule has 0 aliphatic heterocycles. The van der Waals surface area contributed by atoms with E-state index in [1.54, 1.807) is 11.3 Å². The van der Waals surface area contributed by atoms with E-state index in [-0.39, 0.29) is 5.56 Å². The van der Waals surface area contributed by atoms with Crippen LogP contribution in [0.2, 0.25) is 5.02 Å². The molecule has 118 valence electrons. The van der Waals surface area contributed by atoms with Crippen molar-refractivity contribution in [3.05, 3.63) is 50.1 Å². The van der Waals surface area contributed by atoms with Gasteiger partial charge in [-0.15, -0.1) is 11.3 Å². The highest BCUT2D eigenvalue weighted by molar-refractivity contribution is 7.18. The lowest BCUT2D eigenvalue weighted by Crippen LogP contribution is -2.10. The molecule has 1 aliphatic rings. The van der Waals surface area contributed by atoms with Gasteiger partial charge in [0.1, 0.15) is 10.7 Å². The van der Waals surface area contributed by atoms with Crippen LogP contribution in [0.1, 0.15) is 36.1 Å². The minimum absolute atomic E-state index is 0.0157. The number of fused-ring (bicyclic) bond motifs is 3. The number of aryl methyl sites for hydroxylation is 2. The summed E-state index contributed by atoms with van der Waals surface area (Å²) < 4.78 is 0. The van der Waals surface area contributed by atoms with E-state index in [2.05, 4.69) is 4.98 Å². The largest absolute Gasteiger partial charge is 0.306 e. The molecule has 0 amide bonds. The van der Waals surface area contributed by atoms with Crippen molar-refractivity contribution in [2.75, 3.05) is 0 Å². The van der Waals surface area contributed by atoms with Crippen LogP contribution in [-0.2, 0) is 12.8 Å². The molecule has 2 heterocycles. The average Bonchev–Trinajstić information content (AvgIpc) is 2.85. The monoisotopic (exact) mass is 344 g/mol. The fourth-order valence-corrected chi connectivity index (χ4v) is 4.65. The molecule has 1 aromatic carbocycles. The second-order valence-electron chi connectivity index (χ2n) is 6.02. The average molecular weight is 345 g/mol. The molecule has 0 spiro atoms. The molecule has 23 heavy (non-hydrogen) atoms. The van der Waals surface area contributed by atoms with Crippen LogP contribution in [0.3, 0.4) is 0 Å². The molecule has 0 fully saturated rings. The molecule has 0 radical (unpaired) electrons. The molecule has 5 heteroatoms. The molecule has 3 aromatic rings. The molecule has 1 N–H and O–H groups in total. The van der Waals surface area contributed by atoms with E-state index in [0.717, 1.165) is 35.0 Å². The first-order valence-corrected chi connectivity index (χ1v) is 9.22. The van der Waals surface area contributed by atoms with Crippen LogP contribution in [0.25, 0.3) is 21.6 Å². The smallest absolute Gasteiger partial charge is 0.260 e. The van der Waals surface area contributed by atoms with Gasteiger partial charge in [0.25, 0.3) is 5.56 Å². The van der Waals surface area contributed by atoms with Crippen molar-refractivity contribution in [1.29, 1.82) is 0 Å². The maximum atomic E-state index is 12.7. The summed E-state index contributed by atoms with van der Waals surface area (Å²) in [7, 11) is 0. The third-order valence-electron chi connectivity index (χ3n) is 4.44. The highest BCUT2D eigenvalue weighted by Gasteiger charge is 2.18. The van der Waals surface area contributed by atoms with Crippen molar-refractivity contribution < 1.29 is 0 Å². The van der Waals surface area contributed by atoms with Gasteiger partial charge in [-0.05, 0) is 55.5 Å². The Balaban J connectivity index is 1.88. The molecule has 0 unspecified atom stereocenters. The van der Waals surface area contributed by atoms with Crippen molar-refractivity contribution in [3.63, 3.8) is 0 Å². The Kier molecular flexibility index (Phi) is 3.95. The number of aromatic nitrogens is 2. The number of rotatable bonds is 1. The topological polar surface area (TPSA) is 45.8 Å². The van der Waals surface area contributed by atoms with Crippen molar-refractivity contribution >= 4 is 33.2 Å². The van der Waals surface area contributed by atoms with Gasteiger partial charge in [0.15, 0.2) is 0 Å². The van der Waals surface area contributed by atoms with Crippen LogP contribution < -0.4 is 5.56 Å². The Morgan fingerprint density at radius 3 is 2.57 bits per heavy atom. The van der Waals surface area contributed by atoms with E-state index < -0.39 is 0 Å². The minimum atomic E-state index is -0.0157. The summed E-state index contributed by atoms with van der Waals surface area (Å²) in [4.78, 5) is 22.6. The third-order valence-corrected chi connectivity index (χ3v) is 5.88. The molecular weight excluding hydrogens is 328 g/mol. The van der Waals surface area contributed by atoms with Crippen molar-refractivity contribution in [3.8, 4) is 11.4 Å². The zero-order chi connectivity index (χ0) is 15.8. The summed E-state index contributed by atoms with van der Waals surface area (Å²) in [5.74, 6) is 0.619. The molecule has 1 aliphatic carbocycles. The quantitative estimate of drug-likeness (QED) is 0.677. The highest BCUT2D eigenvalue weighted by Crippen LogP contribution is 2.33. The Hall–Kier alpha value is -1.65. The zero-order valence-corrected chi connectivity index (χ0v) is 14.3. The summed E-state index contributed by atoms with van der Waals surface area (Å²) in [6.07, 6.45) is 6.99. The van der Waals surface area contributed by atoms with E-state index >= 15 is 0 Å². The standard InChI is InChI=1S/C18H17ClN2OS/c19-12-9-7-11(8-10-12)16-20-17(22)15-13-5-3-1-2-4-6-14(13)23-18(15)21-16/h7-10H,1-6H2,(H,20,21,22). The normalized spacial score (nSPS) is 15.2. The van der Waals surface area contributed by atoms with Crippen LogP contribution in [0.5, 0.6) is 0 Å². The number of nitrogens with one attached hydrogen (secondary N) is 1. The number of aromatic amines is 1. The lowest BCUT2D eigenvalue weighted by atomic mass is 9.98. The van der Waals surface area contributed by atoms with E-state index in [1.165, 1.54) is 29.7 Å². The van der Waals surface area contributed by atoms with Gasteiger partial charge in [0.2, 0.25) is 0 Å². The molecule has 3 nitrogen and oxygen atoms in total. The Morgan fingerprint density at radius 2 is 1.78 bits per heavy atom. The van der Waals surface area contributed by atoms with Crippen molar-refractivity contribution in [2.24, 2.45) is 0 Å². The summed E-state index contributed by atoms with van der Waals surface area (Å²) in [5, 5.41) is 1.49. The number of halogens is 1. The first kappa shape index (κ1) is 14.9. The zero-order valence-electron chi connectivity index (χ0n) is 12.7. The Labute approximate surface area is 143 Å². The fourth-order valence-electron chi connectivity index (χ4n) is 3.26. The summed E-state index contributed by atoms with van der Waals surface area (Å²) >= 11 is 7.63. The first-order chi connectivity index (χ1) is 11.2. The SMILES string of the molecule is O=c1[nH]c(-c2ccc(Cl)cc2)nc2sc3c(c12)CCCCCC3. The Bertz CT molecular complexity index is 911. The van der Waals surface area contributed by atoms with Gasteiger partial charge in [-0.25, -0.2) is 4.98 Å². The van der Waals surface area contributed by atoms with Gasteiger partial charge in [-0.3, -0.25) is 4.79 Å². The predicted molar refractivity (Wildman–Crippen MR) is 96.6 cm³/mol. The third kappa shape index (κ3) is 2.81. The molecule has 0 bridgehead atoms. The molecule has 0 saturated heterocycles. The van der Waals surface area contributed by atoms with Crippen molar-refractivity contribution in [2.45, 2.75) is 38.5 Å². The molecule has 2 aromatic heterocycles. The second-order valence-corrected chi connectivity index (χ2v) is 7.54. The van der Waals surface area contributed by atoms with E-state index in [1.807, 2.05) is 24.3 Å². The lowest BCUT2D eigenvalue weighted by Gasteiger charge is -2.08. The van der Waals surface area contributed by atoms with Gasteiger partial charge in [-0.2, -0.15) is 0 Å². The fraction of sp³-hybridized carbons (Fsp3) is 0.333. The number of thiophene rings is 1. The number of benzene rings is 1. The van der Waals surface area contributed by atoms with Crippen LogP contribution in [-0.4, -0.2) is 9.97 Å². The van der Waals surface area contributed by atoms with Gasteiger partial charge in [0.05, 0.1) is 5.39 Å². The first-order valence-electron chi connectivity index (χ1n) is 8.03. The maximum Gasteiger partial charge on any atom is 0.260 e. The summed E-state index contributed by atoms with van der Waals surface area (Å²) in [6.45, 7) is 0. The van der Waals surface area contributed by atoms with E-state index in [9.17, 15) is 4.79 Å². The maximum absolute atomic E-state index is 12.7. The molecule has 0 atom stereocenters. The molecule has 0 saturated carbocycles. The highest BCUT2D eigenvalue weighted by atomic mass is 35.5. The van der Waals surface area contributed by atoms with Crippen molar-refractivity contribution in [1.82, 2.24) is 9.97 Å². The summed E-state index contributed by atoms with van der Waals surface area (Å²) in [6, 6.07) is 7.40. The van der Waals surface area contributed by atoms with E-state index in [0.29, 0.717) is 10.8 Å². The predicted octanol–water partition coefficient (Wildman–Crippen LogP) is 4.96. The number of hydrogen-bond donors (Lipinski definition) is 1. The lowest BCUT2D eigenvalue weighted by molar-refractivity contribution is 0.623. The minimum Gasteiger partial charge on any atom is -0.306 e. The number of hydrogen-bond acceptors (Lipinski definition) is 3. The van der Waals surface area contributed by atoms with Crippen LogP contribution in [0.15, 0.2) is 29.1 Å². The van der Waals surface area contributed by atoms with Gasteiger partial charge >= 0.3 is 0 Å². The molecular formula is C18H17ClN2OS. The number of H-pyrrole nitrogens is 1. The van der Waals surface area contributed by atoms with Crippen LogP contribution in [0.4, 0.5) is 0 Å². The van der Waals surface area contributed by atoms with Gasteiger partial charge in [0, 0.05) is 15.5 Å². The van der Waals surface area contributed by atoms with Crippen LogP contribution in [0, 0.1) is 0 Å². The second kappa shape index (κ2) is 6.10. The van der Waals surface area contributed by atoms with E-state index in [4.69, 9.17) is 16.6 Å². The van der Waals surface area contributed by atoms with Crippen LogP contribution >= 0.6 is 22.9 Å². The van der Waals surface area contributed by atoms with Gasteiger partial charge < -0.3 is 4.98 Å². The summed E-state index contributed by atoms with van der Waals surface area (Å²) in [5.41, 5.74) is 2.10. The number of nitrogens with zero attached hydrogens (tertiary/aromatic N) is 1. The molecule has 4 rings (SSSR count).